The van der Waals surface area contributed by atoms with E-state index < -0.39 is 0 Å². The fourth-order valence-corrected chi connectivity index (χ4v) is 3.23. The zero-order chi connectivity index (χ0) is 13.0. The summed E-state index contributed by atoms with van der Waals surface area (Å²) in [5.74, 6) is 0.482. The van der Waals surface area contributed by atoms with Crippen molar-refractivity contribution in [3.05, 3.63) is 34.9 Å². The fourth-order valence-electron chi connectivity index (χ4n) is 3.23. The van der Waals surface area contributed by atoms with Crippen molar-refractivity contribution in [2.45, 2.75) is 64.9 Å². The number of hydrogen-bond acceptors (Lipinski definition) is 1. The van der Waals surface area contributed by atoms with Gasteiger partial charge in [0.2, 0.25) is 0 Å². The van der Waals surface area contributed by atoms with Crippen LogP contribution in [0.15, 0.2) is 18.2 Å². The lowest BCUT2D eigenvalue weighted by Gasteiger charge is -2.27. The quantitative estimate of drug-likeness (QED) is 0.833. The molecule has 1 heteroatoms. The lowest BCUT2D eigenvalue weighted by molar-refractivity contribution is 0.0848. The Labute approximate surface area is 111 Å². The van der Waals surface area contributed by atoms with Crippen LogP contribution in [0.1, 0.15) is 68.7 Å². The molecule has 1 aromatic carbocycles. The molecule has 1 fully saturated rings. The number of rotatable bonds is 4. The third-order valence-electron chi connectivity index (χ3n) is 4.43. The average molecular weight is 246 g/mol. The van der Waals surface area contributed by atoms with Gasteiger partial charge in [-0.25, -0.2) is 0 Å². The van der Waals surface area contributed by atoms with Crippen molar-refractivity contribution in [3.63, 3.8) is 0 Å². The molecule has 1 aliphatic rings. The van der Waals surface area contributed by atoms with Gasteiger partial charge in [0.1, 0.15) is 0 Å². The predicted octanol–water partition coefficient (Wildman–Crippen LogP) is 4.43. The Hall–Kier alpha value is -0.820. The molecule has 1 N–H and O–H groups in total. The molecular weight excluding hydrogens is 220 g/mol. The SMILES string of the molecule is CCc1ccc(C(O)C2CCCCC2)cc1CC. The molecule has 0 spiro atoms. The van der Waals surface area contributed by atoms with Gasteiger partial charge >= 0.3 is 0 Å². The Morgan fingerprint density at radius 1 is 1.06 bits per heavy atom. The zero-order valence-corrected chi connectivity index (χ0v) is 11.8. The second-order valence-electron chi connectivity index (χ2n) is 5.58. The van der Waals surface area contributed by atoms with Crippen LogP contribution in [0, 0.1) is 5.92 Å². The van der Waals surface area contributed by atoms with E-state index in [4.69, 9.17) is 0 Å². The number of benzene rings is 1. The summed E-state index contributed by atoms with van der Waals surface area (Å²) in [7, 11) is 0. The first-order chi connectivity index (χ1) is 8.76. The van der Waals surface area contributed by atoms with Crippen molar-refractivity contribution in [2.24, 2.45) is 5.92 Å². The van der Waals surface area contributed by atoms with E-state index >= 15 is 0 Å². The molecule has 0 amide bonds. The Balaban J connectivity index is 2.16. The summed E-state index contributed by atoms with van der Waals surface area (Å²) in [6, 6.07) is 6.58. The van der Waals surface area contributed by atoms with Crippen molar-refractivity contribution in [3.8, 4) is 0 Å². The molecule has 1 aromatic rings. The first-order valence-corrected chi connectivity index (χ1v) is 7.56. The lowest BCUT2D eigenvalue weighted by Crippen LogP contribution is -2.16. The van der Waals surface area contributed by atoms with Gasteiger partial charge in [-0.1, -0.05) is 51.3 Å². The first kappa shape index (κ1) is 13.6. The highest BCUT2D eigenvalue weighted by Gasteiger charge is 2.23. The maximum atomic E-state index is 10.5. The Kier molecular flexibility index (Phi) is 4.82. The monoisotopic (exact) mass is 246 g/mol. The van der Waals surface area contributed by atoms with Crippen LogP contribution < -0.4 is 0 Å². The highest BCUT2D eigenvalue weighted by Crippen LogP contribution is 2.34. The Bertz CT molecular complexity index is 377. The molecule has 1 atom stereocenters. The van der Waals surface area contributed by atoms with E-state index in [1.807, 2.05) is 0 Å². The van der Waals surface area contributed by atoms with Gasteiger partial charge in [0.25, 0.3) is 0 Å². The predicted molar refractivity (Wildman–Crippen MR) is 76.7 cm³/mol. The molecule has 0 heterocycles. The summed E-state index contributed by atoms with van der Waals surface area (Å²) in [6.45, 7) is 4.40. The Morgan fingerprint density at radius 2 is 1.72 bits per heavy atom. The van der Waals surface area contributed by atoms with Crippen LogP contribution in [0.4, 0.5) is 0 Å². The van der Waals surface area contributed by atoms with Gasteiger partial charge in [0.15, 0.2) is 0 Å². The summed E-state index contributed by atoms with van der Waals surface area (Å²) in [5, 5.41) is 10.5. The van der Waals surface area contributed by atoms with Gasteiger partial charge in [0.05, 0.1) is 6.10 Å². The van der Waals surface area contributed by atoms with E-state index in [1.165, 1.54) is 43.2 Å². The fraction of sp³-hybridized carbons (Fsp3) is 0.647. The number of aliphatic hydroxyl groups excluding tert-OH is 1. The second kappa shape index (κ2) is 6.38. The topological polar surface area (TPSA) is 20.2 Å². The molecule has 1 nitrogen and oxygen atoms in total. The maximum absolute atomic E-state index is 10.5. The standard InChI is InChI=1S/C17H26O/c1-3-13-10-11-16(12-14(13)4-2)17(18)15-8-6-5-7-9-15/h10-12,15,17-18H,3-9H2,1-2H3. The van der Waals surface area contributed by atoms with Crippen molar-refractivity contribution in [1.82, 2.24) is 0 Å². The lowest BCUT2D eigenvalue weighted by atomic mass is 9.82. The third kappa shape index (κ3) is 2.95. The number of aliphatic hydroxyl groups is 1. The minimum atomic E-state index is -0.249. The van der Waals surface area contributed by atoms with Crippen molar-refractivity contribution in [1.29, 1.82) is 0 Å². The molecular formula is C17H26O. The van der Waals surface area contributed by atoms with E-state index in [2.05, 4.69) is 32.0 Å². The molecule has 1 unspecified atom stereocenters. The van der Waals surface area contributed by atoms with Gasteiger partial charge in [-0.3, -0.25) is 0 Å². The van der Waals surface area contributed by atoms with Gasteiger partial charge < -0.3 is 5.11 Å². The molecule has 0 aromatic heterocycles. The van der Waals surface area contributed by atoms with E-state index in [-0.39, 0.29) is 6.10 Å². The maximum Gasteiger partial charge on any atom is 0.0818 e. The van der Waals surface area contributed by atoms with Crippen LogP contribution in [0.5, 0.6) is 0 Å². The number of aryl methyl sites for hydroxylation is 2. The van der Waals surface area contributed by atoms with Gasteiger partial charge in [-0.15, -0.1) is 0 Å². The molecule has 0 aliphatic heterocycles. The summed E-state index contributed by atoms with van der Waals surface area (Å²) < 4.78 is 0. The van der Waals surface area contributed by atoms with Crippen molar-refractivity contribution >= 4 is 0 Å². The minimum Gasteiger partial charge on any atom is -0.388 e. The number of hydrogen-bond donors (Lipinski definition) is 1. The summed E-state index contributed by atoms with van der Waals surface area (Å²) in [6.07, 6.45) is 8.21. The average Bonchev–Trinajstić information content (AvgIpc) is 2.46. The largest absolute Gasteiger partial charge is 0.388 e. The molecule has 0 radical (unpaired) electrons. The van der Waals surface area contributed by atoms with Crippen LogP contribution in [0.3, 0.4) is 0 Å². The molecule has 18 heavy (non-hydrogen) atoms. The zero-order valence-electron chi connectivity index (χ0n) is 11.8. The molecule has 100 valence electrons. The van der Waals surface area contributed by atoms with Gasteiger partial charge in [-0.05, 0) is 48.3 Å². The summed E-state index contributed by atoms with van der Waals surface area (Å²) in [5.41, 5.74) is 3.97. The molecule has 1 saturated carbocycles. The molecule has 0 saturated heterocycles. The molecule has 2 rings (SSSR count). The summed E-state index contributed by atoms with van der Waals surface area (Å²) >= 11 is 0. The van der Waals surface area contributed by atoms with E-state index in [1.54, 1.807) is 0 Å². The van der Waals surface area contributed by atoms with Gasteiger partial charge in [0, 0.05) is 0 Å². The van der Waals surface area contributed by atoms with Crippen LogP contribution in [0.2, 0.25) is 0 Å². The normalized spacial score (nSPS) is 18.8. The van der Waals surface area contributed by atoms with E-state index in [0.717, 1.165) is 18.4 Å². The molecule has 0 bridgehead atoms. The van der Waals surface area contributed by atoms with E-state index in [9.17, 15) is 5.11 Å². The first-order valence-electron chi connectivity index (χ1n) is 7.56. The smallest absolute Gasteiger partial charge is 0.0818 e. The van der Waals surface area contributed by atoms with E-state index in [0.29, 0.717) is 5.92 Å². The van der Waals surface area contributed by atoms with Crippen LogP contribution in [0.25, 0.3) is 0 Å². The van der Waals surface area contributed by atoms with Crippen LogP contribution >= 0.6 is 0 Å². The van der Waals surface area contributed by atoms with Crippen LogP contribution in [-0.2, 0) is 12.8 Å². The minimum absolute atomic E-state index is 0.249. The van der Waals surface area contributed by atoms with Gasteiger partial charge in [-0.2, -0.15) is 0 Å². The Morgan fingerprint density at radius 3 is 2.33 bits per heavy atom. The summed E-state index contributed by atoms with van der Waals surface area (Å²) in [4.78, 5) is 0. The highest BCUT2D eigenvalue weighted by molar-refractivity contribution is 5.33. The van der Waals surface area contributed by atoms with Crippen LogP contribution in [-0.4, -0.2) is 5.11 Å². The van der Waals surface area contributed by atoms with Crippen molar-refractivity contribution < 1.29 is 5.11 Å². The third-order valence-corrected chi connectivity index (χ3v) is 4.43. The highest BCUT2D eigenvalue weighted by atomic mass is 16.3. The second-order valence-corrected chi connectivity index (χ2v) is 5.58. The molecule has 1 aliphatic carbocycles. The van der Waals surface area contributed by atoms with Crippen molar-refractivity contribution in [2.75, 3.05) is 0 Å².